The largest absolute Gasteiger partial charge is 0.340 e. The fraction of sp³-hybridized carbons (Fsp3) is 0.941. The molecule has 2 saturated heterocycles. The maximum absolute atomic E-state index is 12.7. The minimum absolute atomic E-state index is 0.233. The van der Waals surface area contributed by atoms with Crippen molar-refractivity contribution in [1.29, 1.82) is 0 Å². The Morgan fingerprint density at radius 2 is 1.81 bits per heavy atom. The molecule has 4 heteroatoms. The molecule has 0 N–H and O–H groups in total. The maximum atomic E-state index is 12.7. The Labute approximate surface area is 130 Å². The van der Waals surface area contributed by atoms with Crippen LogP contribution in [-0.4, -0.2) is 72.0 Å². The molecule has 0 aromatic heterocycles. The Morgan fingerprint density at radius 1 is 1.10 bits per heavy atom. The first-order chi connectivity index (χ1) is 9.88. The number of carbonyl (C=O) groups excluding carboxylic acids is 1. The van der Waals surface area contributed by atoms with E-state index in [1.807, 2.05) is 0 Å². The molecule has 0 aromatic rings. The summed E-state index contributed by atoms with van der Waals surface area (Å²) in [7, 11) is 0. The van der Waals surface area contributed by atoms with Crippen LogP contribution >= 0.6 is 0 Å². The molecule has 0 radical (unpaired) electrons. The fourth-order valence-electron chi connectivity index (χ4n) is 3.65. The van der Waals surface area contributed by atoms with Crippen molar-refractivity contribution in [2.45, 2.75) is 53.1 Å². The number of hydrogen-bond donors (Lipinski definition) is 0. The highest BCUT2D eigenvalue weighted by Gasteiger charge is 2.35. The molecule has 0 spiro atoms. The predicted octanol–water partition coefficient (Wildman–Crippen LogP) is 1.91. The summed E-state index contributed by atoms with van der Waals surface area (Å²) < 4.78 is 0. The molecule has 21 heavy (non-hydrogen) atoms. The topological polar surface area (TPSA) is 26.8 Å². The molecule has 2 rings (SSSR count). The predicted molar refractivity (Wildman–Crippen MR) is 87.3 cm³/mol. The molecule has 0 saturated carbocycles. The van der Waals surface area contributed by atoms with Crippen molar-refractivity contribution in [2.75, 3.05) is 39.3 Å². The lowest BCUT2D eigenvalue weighted by molar-refractivity contribution is -0.138. The van der Waals surface area contributed by atoms with Crippen molar-refractivity contribution in [3.05, 3.63) is 0 Å². The van der Waals surface area contributed by atoms with Gasteiger partial charge in [0.15, 0.2) is 0 Å². The van der Waals surface area contributed by atoms with Gasteiger partial charge in [-0.3, -0.25) is 9.69 Å². The molecule has 0 aromatic carbocycles. The smallest absolute Gasteiger partial charge is 0.227 e. The van der Waals surface area contributed by atoms with Gasteiger partial charge < -0.3 is 9.80 Å². The number of likely N-dealkylation sites (tertiary alicyclic amines) is 1. The summed E-state index contributed by atoms with van der Waals surface area (Å²) in [5.41, 5.74) is 0. The van der Waals surface area contributed by atoms with Gasteiger partial charge in [0.2, 0.25) is 5.91 Å². The molecule has 1 amide bonds. The zero-order valence-electron chi connectivity index (χ0n) is 14.5. The van der Waals surface area contributed by atoms with Crippen LogP contribution in [0.2, 0.25) is 0 Å². The van der Waals surface area contributed by atoms with Crippen molar-refractivity contribution in [3.8, 4) is 0 Å². The summed E-state index contributed by atoms with van der Waals surface area (Å²) in [4.78, 5) is 19.8. The van der Waals surface area contributed by atoms with Crippen molar-refractivity contribution in [2.24, 2.45) is 11.8 Å². The van der Waals surface area contributed by atoms with Gasteiger partial charge >= 0.3 is 0 Å². The van der Waals surface area contributed by atoms with Crippen LogP contribution in [0, 0.1) is 11.8 Å². The highest BCUT2D eigenvalue weighted by atomic mass is 16.2. The second kappa shape index (κ2) is 7.10. The zero-order chi connectivity index (χ0) is 15.6. The number of hydrogen-bond acceptors (Lipinski definition) is 3. The van der Waals surface area contributed by atoms with Crippen molar-refractivity contribution in [1.82, 2.24) is 14.7 Å². The summed E-state index contributed by atoms with van der Waals surface area (Å²) >= 11 is 0. The molecule has 2 aliphatic rings. The molecular formula is C17H33N3O. The highest BCUT2D eigenvalue weighted by Crippen LogP contribution is 2.22. The lowest BCUT2D eigenvalue weighted by atomic mass is 10.0. The third kappa shape index (κ3) is 4.19. The highest BCUT2D eigenvalue weighted by molar-refractivity contribution is 5.79. The normalized spacial score (nSPS) is 28.8. The molecule has 2 fully saturated rings. The van der Waals surface area contributed by atoms with E-state index in [1.54, 1.807) is 0 Å². The summed E-state index contributed by atoms with van der Waals surface area (Å²) in [6, 6.07) is 1.05. The van der Waals surface area contributed by atoms with Crippen LogP contribution in [0.15, 0.2) is 0 Å². The van der Waals surface area contributed by atoms with E-state index in [0.29, 0.717) is 23.9 Å². The van der Waals surface area contributed by atoms with Crippen LogP contribution < -0.4 is 0 Å². The SMILES string of the molecule is CC(C)CN1CCN(C(=O)[C@@H]2CCN(C(C)C)C2)C[C@@H]1C. The number of rotatable bonds is 4. The van der Waals surface area contributed by atoms with Gasteiger partial charge in [-0.2, -0.15) is 0 Å². The first-order valence-electron chi connectivity index (χ1n) is 8.65. The molecule has 4 nitrogen and oxygen atoms in total. The van der Waals surface area contributed by atoms with Crippen LogP contribution in [0.5, 0.6) is 0 Å². The lowest BCUT2D eigenvalue weighted by Crippen LogP contribution is -2.55. The molecule has 0 bridgehead atoms. The third-order valence-corrected chi connectivity index (χ3v) is 4.98. The summed E-state index contributed by atoms with van der Waals surface area (Å²) in [6.45, 7) is 17.3. The Balaban J connectivity index is 1.85. The summed E-state index contributed by atoms with van der Waals surface area (Å²) in [5.74, 6) is 1.33. The monoisotopic (exact) mass is 295 g/mol. The Bertz CT molecular complexity index is 356. The lowest BCUT2D eigenvalue weighted by Gasteiger charge is -2.41. The number of piperazine rings is 1. The van der Waals surface area contributed by atoms with E-state index < -0.39 is 0 Å². The quantitative estimate of drug-likeness (QED) is 0.792. The zero-order valence-corrected chi connectivity index (χ0v) is 14.5. The molecular weight excluding hydrogens is 262 g/mol. The van der Waals surface area contributed by atoms with Gasteiger partial charge in [0.05, 0.1) is 5.92 Å². The van der Waals surface area contributed by atoms with Gasteiger partial charge in [0.1, 0.15) is 0 Å². The van der Waals surface area contributed by atoms with Crippen molar-refractivity contribution >= 4 is 5.91 Å². The average Bonchev–Trinajstić information content (AvgIpc) is 2.89. The summed E-state index contributed by atoms with van der Waals surface area (Å²) in [5, 5.41) is 0. The maximum Gasteiger partial charge on any atom is 0.227 e. The molecule has 2 atom stereocenters. The minimum Gasteiger partial charge on any atom is -0.340 e. The van der Waals surface area contributed by atoms with Gasteiger partial charge in [-0.25, -0.2) is 0 Å². The van der Waals surface area contributed by atoms with E-state index in [4.69, 9.17) is 0 Å². The average molecular weight is 295 g/mol. The second-order valence-electron chi connectivity index (χ2n) is 7.60. The van der Waals surface area contributed by atoms with Gasteiger partial charge in [0, 0.05) is 44.8 Å². The van der Waals surface area contributed by atoms with Crippen LogP contribution in [0.1, 0.15) is 41.0 Å². The van der Waals surface area contributed by atoms with Crippen molar-refractivity contribution in [3.63, 3.8) is 0 Å². The molecule has 0 aliphatic carbocycles. The molecule has 122 valence electrons. The van der Waals surface area contributed by atoms with Gasteiger partial charge in [-0.15, -0.1) is 0 Å². The van der Waals surface area contributed by atoms with E-state index in [-0.39, 0.29) is 5.92 Å². The molecule has 2 heterocycles. The van der Waals surface area contributed by atoms with Gasteiger partial charge in [-0.05, 0) is 39.7 Å². The molecule has 2 aliphatic heterocycles. The van der Waals surface area contributed by atoms with Crippen LogP contribution in [-0.2, 0) is 4.79 Å². The number of carbonyl (C=O) groups is 1. The van der Waals surface area contributed by atoms with E-state index in [0.717, 1.165) is 45.7 Å². The molecule has 0 unspecified atom stereocenters. The van der Waals surface area contributed by atoms with Gasteiger partial charge in [-0.1, -0.05) is 13.8 Å². The number of amides is 1. The van der Waals surface area contributed by atoms with Crippen LogP contribution in [0.4, 0.5) is 0 Å². The second-order valence-corrected chi connectivity index (χ2v) is 7.60. The third-order valence-electron chi connectivity index (χ3n) is 4.98. The first kappa shape index (κ1) is 16.8. The first-order valence-corrected chi connectivity index (χ1v) is 8.65. The van der Waals surface area contributed by atoms with Crippen LogP contribution in [0.25, 0.3) is 0 Å². The van der Waals surface area contributed by atoms with E-state index in [1.165, 1.54) is 0 Å². The Hall–Kier alpha value is -0.610. The van der Waals surface area contributed by atoms with Crippen LogP contribution in [0.3, 0.4) is 0 Å². The fourth-order valence-corrected chi connectivity index (χ4v) is 3.65. The minimum atomic E-state index is 0.233. The van der Waals surface area contributed by atoms with Gasteiger partial charge in [0.25, 0.3) is 0 Å². The number of nitrogens with zero attached hydrogens (tertiary/aromatic N) is 3. The van der Waals surface area contributed by atoms with E-state index >= 15 is 0 Å². The standard InChI is InChI=1S/C17H33N3O/c1-13(2)10-19-8-9-20(11-15(19)5)17(21)16-6-7-18(12-16)14(3)4/h13-16H,6-12H2,1-5H3/t15-,16+/m0/s1. The Morgan fingerprint density at radius 3 is 2.33 bits per heavy atom. The van der Waals surface area contributed by atoms with E-state index in [2.05, 4.69) is 49.3 Å². The van der Waals surface area contributed by atoms with Crippen molar-refractivity contribution < 1.29 is 4.79 Å². The summed E-state index contributed by atoms with van der Waals surface area (Å²) in [6.07, 6.45) is 1.04. The van der Waals surface area contributed by atoms with E-state index in [9.17, 15) is 4.79 Å². The Kier molecular flexibility index (Phi) is 5.67.